The number of hydrogen-bond donors (Lipinski definition) is 2. The molecule has 1 fully saturated rings. The Morgan fingerprint density at radius 2 is 1.57 bits per heavy atom. The van der Waals surface area contributed by atoms with Crippen molar-refractivity contribution in [2.45, 2.75) is 26.3 Å². The van der Waals surface area contributed by atoms with E-state index in [0.717, 1.165) is 24.2 Å². The van der Waals surface area contributed by atoms with Crippen molar-refractivity contribution >= 4 is 11.8 Å². The van der Waals surface area contributed by atoms with E-state index in [4.69, 9.17) is 4.74 Å². The summed E-state index contributed by atoms with van der Waals surface area (Å²) in [6.45, 7) is 9.25. The zero-order valence-electron chi connectivity index (χ0n) is 18.1. The minimum Gasteiger partial charge on any atom is -0.484 e. The van der Waals surface area contributed by atoms with Gasteiger partial charge in [-0.25, -0.2) is 0 Å². The van der Waals surface area contributed by atoms with E-state index in [1.807, 2.05) is 68.1 Å². The number of benzene rings is 2. The molecule has 6 heteroatoms. The topological polar surface area (TPSA) is 63.1 Å². The molecule has 2 aromatic carbocycles. The van der Waals surface area contributed by atoms with Crippen molar-refractivity contribution in [3.63, 3.8) is 0 Å². The summed E-state index contributed by atoms with van der Waals surface area (Å²) in [7, 11) is 0. The summed E-state index contributed by atoms with van der Waals surface area (Å²) in [5.74, 6) is 0.728. The van der Waals surface area contributed by atoms with E-state index in [9.17, 15) is 9.59 Å². The van der Waals surface area contributed by atoms with Gasteiger partial charge in [0.15, 0.2) is 13.2 Å². The first kappa shape index (κ1) is 21.8. The predicted molar refractivity (Wildman–Crippen MR) is 117 cm³/mol. The number of piperazine rings is 1. The molecule has 0 spiro atoms. The van der Waals surface area contributed by atoms with Crippen LogP contribution >= 0.6 is 0 Å². The van der Waals surface area contributed by atoms with Crippen LogP contribution in [0.5, 0.6) is 5.75 Å². The standard InChI is InChI=1S/C24H31N3O3/c1-24(2,3)25-22(28)17-26-13-15-27(16-14-26)23(29)18-30-21-11-9-20(10-12-21)19-7-5-4-6-8-19/h4-12H,13-18H2,1-3H3,(H,25,28)/p+1. The first-order chi connectivity index (χ1) is 14.3. The Bertz CT molecular complexity index is 836. The zero-order valence-corrected chi connectivity index (χ0v) is 18.1. The van der Waals surface area contributed by atoms with Gasteiger partial charge in [-0.2, -0.15) is 0 Å². The third-order valence-corrected chi connectivity index (χ3v) is 5.07. The molecular formula is C24H32N3O3+. The summed E-state index contributed by atoms with van der Waals surface area (Å²) >= 11 is 0. The van der Waals surface area contributed by atoms with Crippen LogP contribution in [0.2, 0.25) is 0 Å². The molecule has 1 aliphatic rings. The number of carbonyl (C=O) groups excluding carboxylic acids is 2. The second kappa shape index (κ2) is 9.76. The molecule has 0 saturated carbocycles. The van der Waals surface area contributed by atoms with Crippen molar-refractivity contribution in [3.8, 4) is 16.9 Å². The molecule has 2 aromatic rings. The molecule has 2 amide bonds. The highest BCUT2D eigenvalue weighted by Gasteiger charge is 2.26. The number of ether oxygens (including phenoxy) is 1. The lowest BCUT2D eigenvalue weighted by Crippen LogP contribution is -3.16. The van der Waals surface area contributed by atoms with Gasteiger partial charge in [0.25, 0.3) is 11.8 Å². The van der Waals surface area contributed by atoms with Gasteiger partial charge < -0.3 is 19.9 Å². The van der Waals surface area contributed by atoms with E-state index in [1.54, 1.807) is 0 Å². The average molecular weight is 411 g/mol. The number of carbonyl (C=O) groups is 2. The molecular weight excluding hydrogens is 378 g/mol. The minimum absolute atomic E-state index is 0.0136. The lowest BCUT2D eigenvalue weighted by atomic mass is 10.1. The van der Waals surface area contributed by atoms with Crippen molar-refractivity contribution in [1.82, 2.24) is 10.2 Å². The fourth-order valence-corrected chi connectivity index (χ4v) is 3.55. The van der Waals surface area contributed by atoms with Crippen LogP contribution < -0.4 is 15.0 Å². The minimum atomic E-state index is -0.217. The highest BCUT2D eigenvalue weighted by atomic mass is 16.5. The maximum atomic E-state index is 12.5. The van der Waals surface area contributed by atoms with Crippen molar-refractivity contribution in [1.29, 1.82) is 0 Å². The second-order valence-corrected chi connectivity index (χ2v) is 8.78. The fraction of sp³-hybridized carbons (Fsp3) is 0.417. The maximum absolute atomic E-state index is 12.5. The van der Waals surface area contributed by atoms with Crippen LogP contribution in [0, 0.1) is 0 Å². The molecule has 0 aliphatic carbocycles. The molecule has 0 unspecified atom stereocenters. The Morgan fingerprint density at radius 3 is 2.17 bits per heavy atom. The Morgan fingerprint density at radius 1 is 0.967 bits per heavy atom. The summed E-state index contributed by atoms with van der Waals surface area (Å²) in [4.78, 5) is 27.6. The summed E-state index contributed by atoms with van der Waals surface area (Å²) < 4.78 is 5.70. The van der Waals surface area contributed by atoms with Gasteiger partial charge in [-0.3, -0.25) is 9.59 Å². The highest BCUT2D eigenvalue weighted by molar-refractivity contribution is 5.78. The summed E-state index contributed by atoms with van der Waals surface area (Å²) in [5, 5.41) is 2.99. The van der Waals surface area contributed by atoms with Crippen molar-refractivity contribution in [2.24, 2.45) is 0 Å². The monoisotopic (exact) mass is 410 g/mol. The molecule has 0 bridgehead atoms. The smallest absolute Gasteiger partial charge is 0.275 e. The van der Waals surface area contributed by atoms with E-state index in [1.165, 1.54) is 4.90 Å². The predicted octanol–water partition coefficient (Wildman–Crippen LogP) is 1.37. The Balaban J connectivity index is 1.41. The normalized spacial score (nSPS) is 15.0. The summed E-state index contributed by atoms with van der Waals surface area (Å²) in [6.07, 6.45) is 0. The third kappa shape index (κ3) is 6.59. The first-order valence-electron chi connectivity index (χ1n) is 10.5. The molecule has 3 rings (SSSR count). The van der Waals surface area contributed by atoms with Crippen LogP contribution in [-0.4, -0.2) is 61.6 Å². The van der Waals surface area contributed by atoms with Gasteiger partial charge >= 0.3 is 0 Å². The number of hydrogen-bond acceptors (Lipinski definition) is 3. The van der Waals surface area contributed by atoms with E-state index in [2.05, 4.69) is 17.4 Å². The molecule has 2 N–H and O–H groups in total. The molecule has 160 valence electrons. The molecule has 6 nitrogen and oxygen atoms in total. The quantitative estimate of drug-likeness (QED) is 0.756. The SMILES string of the molecule is CC(C)(C)NC(=O)C[NH+]1CCN(C(=O)COc2ccc(-c3ccccc3)cc2)CC1. The van der Waals surface area contributed by atoms with Crippen LogP contribution in [0.3, 0.4) is 0 Å². The molecule has 1 heterocycles. The molecule has 0 radical (unpaired) electrons. The number of quaternary nitrogens is 1. The van der Waals surface area contributed by atoms with Crippen molar-refractivity contribution in [3.05, 3.63) is 54.6 Å². The van der Waals surface area contributed by atoms with Gasteiger partial charge in [-0.15, -0.1) is 0 Å². The maximum Gasteiger partial charge on any atom is 0.275 e. The second-order valence-electron chi connectivity index (χ2n) is 8.78. The number of rotatable bonds is 6. The third-order valence-electron chi connectivity index (χ3n) is 5.07. The van der Waals surface area contributed by atoms with E-state index in [-0.39, 0.29) is 24.0 Å². The van der Waals surface area contributed by atoms with E-state index < -0.39 is 0 Å². The van der Waals surface area contributed by atoms with E-state index >= 15 is 0 Å². The van der Waals surface area contributed by atoms with Crippen molar-refractivity contribution < 1.29 is 19.2 Å². The van der Waals surface area contributed by atoms with Crippen LogP contribution in [0.25, 0.3) is 11.1 Å². The van der Waals surface area contributed by atoms with Gasteiger partial charge in [0.05, 0.1) is 26.2 Å². The largest absolute Gasteiger partial charge is 0.484 e. The van der Waals surface area contributed by atoms with Crippen LogP contribution in [0.1, 0.15) is 20.8 Å². The molecule has 30 heavy (non-hydrogen) atoms. The molecule has 0 atom stereocenters. The molecule has 0 aromatic heterocycles. The van der Waals surface area contributed by atoms with Gasteiger partial charge in [-0.1, -0.05) is 42.5 Å². The van der Waals surface area contributed by atoms with Crippen molar-refractivity contribution in [2.75, 3.05) is 39.3 Å². The van der Waals surface area contributed by atoms with Crippen LogP contribution in [0.4, 0.5) is 0 Å². The van der Waals surface area contributed by atoms with Gasteiger partial charge in [0, 0.05) is 5.54 Å². The average Bonchev–Trinajstić information content (AvgIpc) is 2.72. The fourth-order valence-electron chi connectivity index (χ4n) is 3.55. The van der Waals surface area contributed by atoms with E-state index in [0.29, 0.717) is 25.4 Å². The number of amides is 2. The highest BCUT2D eigenvalue weighted by Crippen LogP contribution is 2.22. The molecule has 1 saturated heterocycles. The van der Waals surface area contributed by atoms with Gasteiger partial charge in [-0.05, 0) is 44.0 Å². The van der Waals surface area contributed by atoms with Gasteiger partial charge in [0.1, 0.15) is 5.75 Å². The van der Waals surface area contributed by atoms with Gasteiger partial charge in [0.2, 0.25) is 0 Å². The number of nitrogens with one attached hydrogen (secondary N) is 2. The Labute approximate surface area is 178 Å². The zero-order chi connectivity index (χ0) is 21.6. The van der Waals surface area contributed by atoms with Crippen LogP contribution in [-0.2, 0) is 9.59 Å². The number of nitrogens with zero attached hydrogens (tertiary/aromatic N) is 1. The lowest BCUT2D eigenvalue weighted by molar-refractivity contribution is -0.896. The summed E-state index contributed by atoms with van der Waals surface area (Å²) in [6, 6.07) is 17.9. The Kier molecular flexibility index (Phi) is 7.11. The molecule has 1 aliphatic heterocycles. The first-order valence-corrected chi connectivity index (χ1v) is 10.5. The lowest BCUT2D eigenvalue weighted by Gasteiger charge is -2.32. The van der Waals surface area contributed by atoms with Crippen LogP contribution in [0.15, 0.2) is 54.6 Å². The Hall–Kier alpha value is -2.86. The summed E-state index contributed by atoms with van der Waals surface area (Å²) in [5.41, 5.74) is 2.05.